The average Bonchev–Trinajstić information content (AvgIpc) is 2.95. The van der Waals surface area contributed by atoms with Crippen LogP contribution in [0.3, 0.4) is 0 Å². The van der Waals surface area contributed by atoms with Crippen LogP contribution in [0.2, 0.25) is 0 Å². The van der Waals surface area contributed by atoms with Gasteiger partial charge in [0.15, 0.2) is 5.78 Å². The molecule has 1 aliphatic heterocycles. The van der Waals surface area contributed by atoms with Crippen molar-refractivity contribution in [1.82, 2.24) is 4.90 Å². The van der Waals surface area contributed by atoms with Crippen molar-refractivity contribution in [2.24, 2.45) is 0 Å². The number of ketones is 1. The van der Waals surface area contributed by atoms with E-state index in [0.29, 0.717) is 24.4 Å². The Morgan fingerprint density at radius 3 is 2.88 bits per heavy atom. The summed E-state index contributed by atoms with van der Waals surface area (Å²) in [6, 6.07) is 3.60. The van der Waals surface area contributed by atoms with Gasteiger partial charge in [-0.1, -0.05) is 6.07 Å². The molecular weight excluding hydrogens is 238 g/mol. The molecule has 92 valence electrons. The van der Waals surface area contributed by atoms with Crippen molar-refractivity contribution < 1.29 is 14.7 Å². The molecule has 0 aliphatic carbocycles. The van der Waals surface area contributed by atoms with E-state index in [0.717, 1.165) is 0 Å². The van der Waals surface area contributed by atoms with Crippen molar-refractivity contribution in [2.75, 3.05) is 13.1 Å². The number of nitrogens with zero attached hydrogens (tertiary/aromatic N) is 1. The fourth-order valence-electron chi connectivity index (χ4n) is 1.91. The van der Waals surface area contributed by atoms with Crippen molar-refractivity contribution in [3.8, 4) is 0 Å². The van der Waals surface area contributed by atoms with Gasteiger partial charge in [-0.15, -0.1) is 11.3 Å². The maximum Gasteiger partial charge on any atom is 0.223 e. The van der Waals surface area contributed by atoms with E-state index in [-0.39, 0.29) is 24.5 Å². The smallest absolute Gasteiger partial charge is 0.223 e. The van der Waals surface area contributed by atoms with E-state index in [9.17, 15) is 14.7 Å². The average molecular weight is 253 g/mol. The topological polar surface area (TPSA) is 57.6 Å². The Bertz CT molecular complexity index is 402. The van der Waals surface area contributed by atoms with E-state index in [1.165, 1.54) is 11.3 Å². The third-order valence-corrected chi connectivity index (χ3v) is 3.79. The second-order valence-electron chi connectivity index (χ2n) is 4.18. The molecule has 0 unspecified atom stereocenters. The first-order valence-corrected chi connectivity index (χ1v) is 6.57. The van der Waals surface area contributed by atoms with Gasteiger partial charge in [0.25, 0.3) is 0 Å². The summed E-state index contributed by atoms with van der Waals surface area (Å²) in [7, 11) is 0. The van der Waals surface area contributed by atoms with Crippen LogP contribution in [0, 0.1) is 0 Å². The minimum Gasteiger partial charge on any atom is -0.391 e. The highest BCUT2D eigenvalue weighted by Gasteiger charge is 2.24. The molecule has 1 aromatic rings. The summed E-state index contributed by atoms with van der Waals surface area (Å²) in [4.78, 5) is 25.7. The Balaban J connectivity index is 1.78. The summed E-state index contributed by atoms with van der Waals surface area (Å²) in [6.45, 7) is 1.01. The Labute approximate surface area is 104 Å². The van der Waals surface area contributed by atoms with Gasteiger partial charge in [-0.3, -0.25) is 9.59 Å². The van der Waals surface area contributed by atoms with Gasteiger partial charge >= 0.3 is 0 Å². The molecule has 1 aliphatic rings. The van der Waals surface area contributed by atoms with Crippen molar-refractivity contribution in [1.29, 1.82) is 0 Å². The number of hydrogen-bond donors (Lipinski definition) is 1. The minimum atomic E-state index is -0.396. The predicted molar refractivity (Wildman–Crippen MR) is 65.1 cm³/mol. The minimum absolute atomic E-state index is 0.0214. The normalized spacial score (nSPS) is 19.6. The second-order valence-corrected chi connectivity index (χ2v) is 5.13. The van der Waals surface area contributed by atoms with E-state index in [2.05, 4.69) is 0 Å². The molecule has 1 atom stereocenters. The number of rotatable bonds is 4. The van der Waals surface area contributed by atoms with Gasteiger partial charge in [-0.05, 0) is 17.9 Å². The third-order valence-electron chi connectivity index (χ3n) is 2.88. The van der Waals surface area contributed by atoms with Crippen LogP contribution in [0.15, 0.2) is 17.5 Å². The van der Waals surface area contributed by atoms with Crippen molar-refractivity contribution in [2.45, 2.75) is 25.4 Å². The lowest BCUT2D eigenvalue weighted by Crippen LogP contribution is -2.29. The summed E-state index contributed by atoms with van der Waals surface area (Å²) in [5.74, 6) is -0.0143. The monoisotopic (exact) mass is 253 g/mol. The summed E-state index contributed by atoms with van der Waals surface area (Å²) < 4.78 is 0. The standard InChI is InChI=1S/C12H15NO3S/c14-9-5-6-13(8-9)12(16)4-3-10(15)11-2-1-7-17-11/h1-2,7,9,14H,3-6,8H2/t9-/m0/s1. The number of carbonyl (C=O) groups is 2. The molecule has 1 N–H and O–H groups in total. The molecule has 1 saturated heterocycles. The molecule has 2 rings (SSSR count). The fourth-order valence-corrected chi connectivity index (χ4v) is 2.60. The van der Waals surface area contributed by atoms with Crippen molar-refractivity contribution in [3.63, 3.8) is 0 Å². The van der Waals surface area contributed by atoms with Gasteiger partial charge in [0.05, 0.1) is 11.0 Å². The molecule has 0 spiro atoms. The number of thiophene rings is 1. The van der Waals surface area contributed by atoms with E-state index in [4.69, 9.17) is 0 Å². The Morgan fingerprint density at radius 1 is 1.47 bits per heavy atom. The molecule has 0 bridgehead atoms. The zero-order valence-electron chi connectivity index (χ0n) is 9.46. The number of amides is 1. The van der Waals surface area contributed by atoms with Gasteiger partial charge < -0.3 is 10.0 Å². The Hall–Kier alpha value is -1.20. The number of carbonyl (C=O) groups excluding carboxylic acids is 2. The van der Waals surface area contributed by atoms with Crippen LogP contribution in [-0.2, 0) is 4.79 Å². The number of likely N-dealkylation sites (tertiary alicyclic amines) is 1. The van der Waals surface area contributed by atoms with Crippen LogP contribution in [0.5, 0.6) is 0 Å². The maximum absolute atomic E-state index is 11.7. The van der Waals surface area contributed by atoms with Gasteiger partial charge in [-0.2, -0.15) is 0 Å². The number of Topliss-reactive ketones (excluding diaryl/α,β-unsaturated/α-hetero) is 1. The second kappa shape index (κ2) is 5.42. The highest BCUT2D eigenvalue weighted by Crippen LogP contribution is 2.15. The molecular formula is C12H15NO3S. The molecule has 2 heterocycles. The predicted octanol–water partition coefficient (Wildman–Crippen LogP) is 1.30. The Kier molecular flexibility index (Phi) is 3.91. The fraction of sp³-hybridized carbons (Fsp3) is 0.500. The van der Waals surface area contributed by atoms with E-state index >= 15 is 0 Å². The van der Waals surface area contributed by atoms with Crippen LogP contribution in [0.4, 0.5) is 0 Å². The number of hydrogen-bond acceptors (Lipinski definition) is 4. The van der Waals surface area contributed by atoms with Gasteiger partial charge in [0.1, 0.15) is 0 Å². The zero-order valence-corrected chi connectivity index (χ0v) is 10.3. The van der Waals surface area contributed by atoms with Crippen LogP contribution in [0.25, 0.3) is 0 Å². The number of β-amino-alcohol motifs (C(OH)–C–C–N with tert-alkyl or cyclic N) is 1. The van der Waals surface area contributed by atoms with Crippen molar-refractivity contribution in [3.05, 3.63) is 22.4 Å². The lowest BCUT2D eigenvalue weighted by Gasteiger charge is -2.14. The first kappa shape index (κ1) is 12.3. The molecule has 17 heavy (non-hydrogen) atoms. The molecule has 0 saturated carbocycles. The highest BCUT2D eigenvalue weighted by molar-refractivity contribution is 7.12. The van der Waals surface area contributed by atoms with Crippen LogP contribution in [0.1, 0.15) is 28.9 Å². The highest BCUT2D eigenvalue weighted by atomic mass is 32.1. The van der Waals surface area contributed by atoms with E-state index < -0.39 is 6.10 Å². The summed E-state index contributed by atoms with van der Waals surface area (Å²) in [6.07, 6.45) is 0.743. The van der Waals surface area contributed by atoms with Gasteiger partial charge in [0.2, 0.25) is 5.91 Å². The van der Waals surface area contributed by atoms with Crippen LogP contribution >= 0.6 is 11.3 Å². The summed E-state index contributed by atoms with van der Waals surface area (Å²) >= 11 is 1.40. The maximum atomic E-state index is 11.7. The lowest BCUT2D eigenvalue weighted by molar-refractivity contribution is -0.130. The van der Waals surface area contributed by atoms with Gasteiger partial charge in [-0.25, -0.2) is 0 Å². The first-order valence-electron chi connectivity index (χ1n) is 5.69. The quantitative estimate of drug-likeness (QED) is 0.823. The summed E-state index contributed by atoms with van der Waals surface area (Å²) in [5.41, 5.74) is 0. The SMILES string of the molecule is O=C(CCC(=O)N1CC[C@H](O)C1)c1cccs1. The number of aliphatic hydroxyl groups excluding tert-OH is 1. The molecule has 1 fully saturated rings. The molecule has 1 aromatic heterocycles. The number of aliphatic hydroxyl groups is 1. The third kappa shape index (κ3) is 3.14. The van der Waals surface area contributed by atoms with Crippen LogP contribution in [-0.4, -0.2) is 40.9 Å². The van der Waals surface area contributed by atoms with Crippen LogP contribution < -0.4 is 0 Å². The van der Waals surface area contributed by atoms with Gasteiger partial charge in [0, 0.05) is 25.9 Å². The first-order chi connectivity index (χ1) is 8.16. The van der Waals surface area contributed by atoms with Crippen molar-refractivity contribution >= 4 is 23.0 Å². The zero-order chi connectivity index (χ0) is 12.3. The molecule has 0 aromatic carbocycles. The Morgan fingerprint density at radius 2 is 2.29 bits per heavy atom. The molecule has 4 nitrogen and oxygen atoms in total. The molecule has 0 radical (unpaired) electrons. The largest absolute Gasteiger partial charge is 0.391 e. The van der Waals surface area contributed by atoms with E-state index in [1.54, 1.807) is 11.0 Å². The summed E-state index contributed by atoms with van der Waals surface area (Å²) in [5, 5.41) is 11.2. The molecule has 5 heteroatoms. The van der Waals surface area contributed by atoms with E-state index in [1.807, 2.05) is 11.4 Å². The lowest BCUT2D eigenvalue weighted by atomic mass is 10.2. The molecule has 1 amide bonds.